The number of ether oxygens (including phenoxy) is 3. The molecule has 0 radical (unpaired) electrons. The average Bonchev–Trinajstić information content (AvgIpc) is 2.52. The van der Waals surface area contributed by atoms with Crippen molar-refractivity contribution >= 4 is 6.03 Å². The Bertz CT molecular complexity index is 489. The van der Waals surface area contributed by atoms with Crippen LogP contribution in [0.15, 0.2) is 18.2 Å². The molecule has 0 fully saturated rings. The third-order valence-corrected chi connectivity index (χ3v) is 3.45. The molecule has 0 unspecified atom stereocenters. The summed E-state index contributed by atoms with van der Waals surface area (Å²) in [6, 6.07) is 5.58. The fourth-order valence-corrected chi connectivity index (χ4v) is 1.99. The molecule has 0 aliphatic carbocycles. The van der Waals surface area contributed by atoms with E-state index in [0.29, 0.717) is 31.2 Å². The Morgan fingerprint density at radius 2 is 1.77 bits per heavy atom. The van der Waals surface area contributed by atoms with Gasteiger partial charge in [0.1, 0.15) is 0 Å². The predicted octanol–water partition coefficient (Wildman–Crippen LogP) is 1.93. The minimum Gasteiger partial charge on any atom is -0.493 e. The summed E-state index contributed by atoms with van der Waals surface area (Å²) in [5.41, 5.74) is 0.820. The van der Waals surface area contributed by atoms with Crippen LogP contribution in [-0.2, 0) is 10.2 Å². The van der Waals surface area contributed by atoms with Crippen molar-refractivity contribution in [2.75, 3.05) is 41.0 Å². The second-order valence-corrected chi connectivity index (χ2v) is 5.56. The lowest BCUT2D eigenvalue weighted by Gasteiger charge is -2.26. The lowest BCUT2D eigenvalue weighted by atomic mass is 9.84. The van der Waals surface area contributed by atoms with E-state index in [1.54, 1.807) is 21.3 Å². The lowest BCUT2D eigenvalue weighted by Crippen LogP contribution is -2.43. The van der Waals surface area contributed by atoms with Crippen molar-refractivity contribution in [1.82, 2.24) is 10.6 Å². The van der Waals surface area contributed by atoms with Gasteiger partial charge < -0.3 is 24.8 Å². The third kappa shape index (κ3) is 5.11. The van der Waals surface area contributed by atoms with E-state index in [1.807, 2.05) is 18.2 Å². The molecule has 1 aromatic carbocycles. The first-order valence-electron chi connectivity index (χ1n) is 7.17. The van der Waals surface area contributed by atoms with Crippen molar-refractivity contribution in [1.29, 1.82) is 0 Å². The SMILES string of the molecule is COCCNC(=O)NCC(C)(C)c1ccc(OC)c(OC)c1. The lowest BCUT2D eigenvalue weighted by molar-refractivity contribution is 0.195. The van der Waals surface area contributed by atoms with Gasteiger partial charge in [-0.15, -0.1) is 0 Å². The molecule has 6 heteroatoms. The van der Waals surface area contributed by atoms with Crippen LogP contribution in [0.1, 0.15) is 19.4 Å². The fraction of sp³-hybridized carbons (Fsp3) is 0.562. The third-order valence-electron chi connectivity index (χ3n) is 3.45. The summed E-state index contributed by atoms with van der Waals surface area (Å²) < 4.78 is 15.5. The summed E-state index contributed by atoms with van der Waals surface area (Å²) >= 11 is 0. The van der Waals surface area contributed by atoms with Crippen LogP contribution in [0.5, 0.6) is 11.5 Å². The minimum absolute atomic E-state index is 0.203. The van der Waals surface area contributed by atoms with E-state index in [9.17, 15) is 4.79 Å². The largest absolute Gasteiger partial charge is 0.493 e. The van der Waals surface area contributed by atoms with E-state index in [-0.39, 0.29) is 11.4 Å². The van der Waals surface area contributed by atoms with Crippen LogP contribution in [0.3, 0.4) is 0 Å². The number of methoxy groups -OCH3 is 3. The Morgan fingerprint density at radius 3 is 2.36 bits per heavy atom. The van der Waals surface area contributed by atoms with Crippen molar-refractivity contribution in [3.63, 3.8) is 0 Å². The molecule has 22 heavy (non-hydrogen) atoms. The molecule has 1 aromatic rings. The quantitative estimate of drug-likeness (QED) is 0.720. The van der Waals surface area contributed by atoms with Gasteiger partial charge in [-0.1, -0.05) is 19.9 Å². The number of urea groups is 1. The number of hydrogen-bond donors (Lipinski definition) is 2. The van der Waals surface area contributed by atoms with Gasteiger partial charge in [-0.25, -0.2) is 4.79 Å². The number of benzene rings is 1. The van der Waals surface area contributed by atoms with E-state index in [1.165, 1.54) is 0 Å². The predicted molar refractivity (Wildman–Crippen MR) is 85.8 cm³/mol. The Morgan fingerprint density at radius 1 is 1.09 bits per heavy atom. The smallest absolute Gasteiger partial charge is 0.314 e. The normalized spacial score (nSPS) is 11.0. The van der Waals surface area contributed by atoms with Crippen molar-refractivity contribution in [2.45, 2.75) is 19.3 Å². The molecule has 0 saturated carbocycles. The molecule has 0 heterocycles. The van der Waals surface area contributed by atoms with Crippen LogP contribution < -0.4 is 20.1 Å². The van der Waals surface area contributed by atoms with Crippen LogP contribution in [0.4, 0.5) is 4.79 Å². The van der Waals surface area contributed by atoms with Gasteiger partial charge in [-0.05, 0) is 17.7 Å². The Balaban J connectivity index is 2.67. The van der Waals surface area contributed by atoms with Gasteiger partial charge in [-0.2, -0.15) is 0 Å². The first-order valence-corrected chi connectivity index (χ1v) is 7.17. The molecular weight excluding hydrogens is 284 g/mol. The van der Waals surface area contributed by atoms with Gasteiger partial charge >= 0.3 is 6.03 Å². The highest BCUT2D eigenvalue weighted by atomic mass is 16.5. The molecule has 6 nitrogen and oxygen atoms in total. The second-order valence-electron chi connectivity index (χ2n) is 5.56. The molecule has 0 aliphatic heterocycles. The van der Waals surface area contributed by atoms with Crippen LogP contribution >= 0.6 is 0 Å². The van der Waals surface area contributed by atoms with Gasteiger partial charge in [0.05, 0.1) is 20.8 Å². The molecule has 2 amide bonds. The van der Waals surface area contributed by atoms with Gasteiger partial charge in [0.15, 0.2) is 11.5 Å². The van der Waals surface area contributed by atoms with Crippen molar-refractivity contribution in [2.24, 2.45) is 0 Å². The minimum atomic E-state index is -0.238. The number of rotatable bonds is 8. The van der Waals surface area contributed by atoms with E-state index < -0.39 is 0 Å². The molecule has 1 rings (SSSR count). The van der Waals surface area contributed by atoms with E-state index in [0.717, 1.165) is 5.56 Å². The summed E-state index contributed by atoms with van der Waals surface area (Å²) in [4.78, 5) is 11.7. The molecular formula is C16H26N2O4. The number of carbonyl (C=O) groups is 1. The maximum absolute atomic E-state index is 11.7. The summed E-state index contributed by atoms with van der Waals surface area (Å²) in [5, 5.41) is 5.60. The number of nitrogens with one attached hydrogen (secondary N) is 2. The van der Waals surface area contributed by atoms with E-state index in [4.69, 9.17) is 14.2 Å². The van der Waals surface area contributed by atoms with Gasteiger partial charge in [0.2, 0.25) is 0 Å². The van der Waals surface area contributed by atoms with E-state index >= 15 is 0 Å². The molecule has 0 aromatic heterocycles. The molecule has 0 atom stereocenters. The van der Waals surface area contributed by atoms with Gasteiger partial charge in [0, 0.05) is 25.6 Å². The summed E-state index contributed by atoms with van der Waals surface area (Å²) in [6.45, 7) is 5.60. The Hall–Kier alpha value is -1.95. The number of hydrogen-bond acceptors (Lipinski definition) is 4. The molecule has 0 saturated heterocycles. The zero-order valence-electron chi connectivity index (χ0n) is 14.0. The highest BCUT2D eigenvalue weighted by Gasteiger charge is 2.23. The standard InChI is InChI=1S/C16H26N2O4/c1-16(2,11-18-15(19)17-8-9-20-3)12-6-7-13(21-4)14(10-12)22-5/h6-7,10H,8-9,11H2,1-5H3,(H2,17,18,19). The van der Waals surface area contributed by atoms with E-state index in [2.05, 4.69) is 24.5 Å². The highest BCUT2D eigenvalue weighted by molar-refractivity contribution is 5.73. The second kappa shape index (κ2) is 8.48. The number of carbonyl (C=O) groups excluding carboxylic acids is 1. The topological polar surface area (TPSA) is 68.8 Å². The zero-order valence-corrected chi connectivity index (χ0v) is 14.0. The van der Waals surface area contributed by atoms with Crippen LogP contribution in [-0.4, -0.2) is 47.1 Å². The Labute approximate surface area is 132 Å². The summed E-state index contributed by atoms with van der Waals surface area (Å²) in [7, 11) is 4.81. The van der Waals surface area contributed by atoms with Crippen LogP contribution in [0.2, 0.25) is 0 Å². The molecule has 0 bridgehead atoms. The van der Waals surface area contributed by atoms with Crippen LogP contribution in [0, 0.1) is 0 Å². The maximum atomic E-state index is 11.7. The monoisotopic (exact) mass is 310 g/mol. The van der Waals surface area contributed by atoms with Crippen molar-refractivity contribution < 1.29 is 19.0 Å². The van der Waals surface area contributed by atoms with Crippen molar-refractivity contribution in [3.8, 4) is 11.5 Å². The highest BCUT2D eigenvalue weighted by Crippen LogP contribution is 2.32. The molecule has 124 valence electrons. The maximum Gasteiger partial charge on any atom is 0.314 e. The first-order chi connectivity index (χ1) is 10.4. The summed E-state index contributed by atoms with van der Waals surface area (Å²) in [5.74, 6) is 1.37. The molecule has 0 aliphatic rings. The van der Waals surface area contributed by atoms with Gasteiger partial charge in [-0.3, -0.25) is 0 Å². The first kappa shape index (κ1) is 18.1. The Kier molecular flexibility index (Phi) is 6.98. The molecule has 2 N–H and O–H groups in total. The fourth-order valence-electron chi connectivity index (χ4n) is 1.99. The zero-order chi connectivity index (χ0) is 16.6. The van der Waals surface area contributed by atoms with Gasteiger partial charge in [0.25, 0.3) is 0 Å². The summed E-state index contributed by atoms with van der Waals surface area (Å²) in [6.07, 6.45) is 0. The number of amides is 2. The average molecular weight is 310 g/mol. The van der Waals surface area contributed by atoms with Crippen LogP contribution in [0.25, 0.3) is 0 Å². The molecule has 0 spiro atoms. The van der Waals surface area contributed by atoms with Crippen molar-refractivity contribution in [3.05, 3.63) is 23.8 Å².